The fourth-order valence-corrected chi connectivity index (χ4v) is 1.14. The highest BCUT2D eigenvalue weighted by Gasteiger charge is 2.18. The molecule has 0 atom stereocenters. The number of rotatable bonds is 4. The Balaban J connectivity index is 2.73. The van der Waals surface area contributed by atoms with Crippen molar-refractivity contribution < 1.29 is 9.50 Å². The molecule has 0 bridgehead atoms. The zero-order valence-electron chi connectivity index (χ0n) is 8.42. The zero-order chi connectivity index (χ0) is 10.6. The van der Waals surface area contributed by atoms with E-state index in [-0.39, 0.29) is 23.8 Å². The first-order valence-electron chi connectivity index (χ1n) is 4.55. The van der Waals surface area contributed by atoms with E-state index in [1.807, 2.05) is 13.8 Å². The van der Waals surface area contributed by atoms with Crippen molar-refractivity contribution >= 4 is 5.82 Å². The minimum absolute atomic E-state index is 0.0639. The molecule has 0 aromatic carbocycles. The second-order valence-electron chi connectivity index (χ2n) is 3.82. The summed E-state index contributed by atoms with van der Waals surface area (Å²) in [5.41, 5.74) is -0.357. The smallest absolute Gasteiger partial charge is 0.165 e. The van der Waals surface area contributed by atoms with Crippen LogP contribution in [0.25, 0.3) is 0 Å². The second-order valence-corrected chi connectivity index (χ2v) is 3.82. The Morgan fingerprint density at radius 2 is 2.29 bits per heavy atom. The summed E-state index contributed by atoms with van der Waals surface area (Å²) in [6.45, 7) is 3.84. The van der Waals surface area contributed by atoms with Gasteiger partial charge in [0.15, 0.2) is 11.6 Å². The maximum absolute atomic E-state index is 13.2. The number of anilines is 1. The quantitative estimate of drug-likeness (QED) is 0.775. The van der Waals surface area contributed by atoms with Crippen LogP contribution in [0.5, 0.6) is 0 Å². The summed E-state index contributed by atoms with van der Waals surface area (Å²) < 4.78 is 13.2. The average Bonchev–Trinajstić information content (AvgIpc) is 2.08. The third-order valence-corrected chi connectivity index (χ3v) is 1.95. The number of hydrogen-bond donors (Lipinski definition) is 2. The van der Waals surface area contributed by atoms with E-state index in [9.17, 15) is 4.39 Å². The lowest BCUT2D eigenvalue weighted by molar-refractivity contribution is 0.260. The summed E-state index contributed by atoms with van der Waals surface area (Å²) in [5, 5.41) is 11.7. The third-order valence-electron chi connectivity index (χ3n) is 1.95. The van der Waals surface area contributed by atoms with Gasteiger partial charge >= 0.3 is 0 Å². The molecule has 0 aliphatic heterocycles. The molecule has 0 aliphatic rings. The van der Waals surface area contributed by atoms with Gasteiger partial charge in [-0.25, -0.2) is 9.37 Å². The van der Waals surface area contributed by atoms with Gasteiger partial charge in [0.05, 0.1) is 0 Å². The number of nitrogens with one attached hydrogen (secondary N) is 1. The van der Waals surface area contributed by atoms with Crippen LogP contribution >= 0.6 is 0 Å². The first kappa shape index (κ1) is 10.9. The summed E-state index contributed by atoms with van der Waals surface area (Å²) >= 11 is 0. The largest absolute Gasteiger partial charge is 0.396 e. The molecule has 0 amide bonds. The molecule has 0 spiro atoms. The summed E-state index contributed by atoms with van der Waals surface area (Å²) in [4.78, 5) is 3.88. The highest BCUT2D eigenvalue weighted by atomic mass is 19.1. The van der Waals surface area contributed by atoms with Gasteiger partial charge < -0.3 is 10.4 Å². The Bertz CT molecular complexity index is 302. The first-order valence-corrected chi connectivity index (χ1v) is 4.55. The highest BCUT2D eigenvalue weighted by molar-refractivity contribution is 5.38. The lowest BCUT2D eigenvalue weighted by Gasteiger charge is -2.26. The van der Waals surface area contributed by atoms with Gasteiger partial charge in [0.2, 0.25) is 0 Å². The summed E-state index contributed by atoms with van der Waals surface area (Å²) in [5.74, 6) is -0.149. The van der Waals surface area contributed by atoms with Crippen LogP contribution in [-0.2, 0) is 0 Å². The van der Waals surface area contributed by atoms with Crippen molar-refractivity contribution in [3.63, 3.8) is 0 Å². The van der Waals surface area contributed by atoms with Crippen LogP contribution in [0.1, 0.15) is 20.3 Å². The summed E-state index contributed by atoms with van der Waals surface area (Å²) in [6, 6.07) is 2.89. The van der Waals surface area contributed by atoms with Crippen LogP contribution < -0.4 is 5.32 Å². The van der Waals surface area contributed by atoms with Gasteiger partial charge in [-0.05, 0) is 32.4 Å². The molecule has 14 heavy (non-hydrogen) atoms. The number of pyridine rings is 1. The molecule has 1 rings (SSSR count). The Kier molecular flexibility index (Phi) is 3.41. The van der Waals surface area contributed by atoms with Crippen molar-refractivity contribution in [2.45, 2.75) is 25.8 Å². The molecule has 0 aliphatic carbocycles. The predicted octanol–water partition coefficient (Wildman–Crippen LogP) is 1.79. The number of nitrogens with zero attached hydrogens (tertiary/aromatic N) is 1. The molecule has 1 aromatic rings. The highest BCUT2D eigenvalue weighted by Crippen LogP contribution is 2.17. The lowest BCUT2D eigenvalue weighted by atomic mass is 10.0. The molecular formula is C10H15FN2O. The molecule has 1 aromatic heterocycles. The van der Waals surface area contributed by atoms with Crippen LogP contribution in [-0.4, -0.2) is 22.2 Å². The summed E-state index contributed by atoms with van der Waals surface area (Å²) in [6.07, 6.45) is 2.07. The van der Waals surface area contributed by atoms with E-state index in [0.29, 0.717) is 6.42 Å². The summed E-state index contributed by atoms with van der Waals surface area (Å²) in [7, 11) is 0. The van der Waals surface area contributed by atoms with Gasteiger partial charge in [0.25, 0.3) is 0 Å². The van der Waals surface area contributed by atoms with Gasteiger partial charge in [-0.3, -0.25) is 0 Å². The Morgan fingerprint density at radius 3 is 2.86 bits per heavy atom. The maximum Gasteiger partial charge on any atom is 0.165 e. The van der Waals surface area contributed by atoms with Gasteiger partial charge in [-0.1, -0.05) is 0 Å². The SMILES string of the molecule is CC(C)(CCO)Nc1ncccc1F. The van der Waals surface area contributed by atoms with Crippen LogP contribution in [0.3, 0.4) is 0 Å². The van der Waals surface area contributed by atoms with E-state index in [0.717, 1.165) is 0 Å². The fraction of sp³-hybridized carbons (Fsp3) is 0.500. The van der Waals surface area contributed by atoms with Crippen LogP contribution in [0.4, 0.5) is 10.2 Å². The minimum atomic E-state index is -0.376. The molecule has 78 valence electrons. The number of halogens is 1. The van der Waals surface area contributed by atoms with Crippen molar-refractivity contribution in [3.8, 4) is 0 Å². The molecule has 3 nitrogen and oxygen atoms in total. The average molecular weight is 198 g/mol. The van der Waals surface area contributed by atoms with Gasteiger partial charge in [0, 0.05) is 18.3 Å². The molecule has 0 unspecified atom stereocenters. The zero-order valence-corrected chi connectivity index (χ0v) is 8.42. The van der Waals surface area contributed by atoms with E-state index in [4.69, 9.17) is 5.11 Å². The maximum atomic E-state index is 13.2. The molecule has 4 heteroatoms. The Morgan fingerprint density at radius 1 is 1.57 bits per heavy atom. The predicted molar refractivity (Wildman–Crippen MR) is 53.6 cm³/mol. The number of aliphatic hydroxyl groups is 1. The molecule has 0 saturated heterocycles. The number of aromatic nitrogens is 1. The first-order chi connectivity index (χ1) is 6.55. The van der Waals surface area contributed by atoms with Crippen molar-refractivity contribution in [1.82, 2.24) is 4.98 Å². The minimum Gasteiger partial charge on any atom is -0.396 e. The normalized spacial score (nSPS) is 11.4. The topological polar surface area (TPSA) is 45.1 Å². The third kappa shape index (κ3) is 2.96. The van der Waals surface area contributed by atoms with Crippen molar-refractivity contribution in [3.05, 3.63) is 24.1 Å². The molecule has 0 fully saturated rings. The van der Waals surface area contributed by atoms with E-state index >= 15 is 0 Å². The molecule has 0 saturated carbocycles. The van der Waals surface area contributed by atoms with Crippen LogP contribution in [0.2, 0.25) is 0 Å². The Hall–Kier alpha value is -1.16. The Labute approximate surface area is 83.0 Å². The van der Waals surface area contributed by atoms with E-state index in [1.54, 1.807) is 6.07 Å². The van der Waals surface area contributed by atoms with Crippen molar-refractivity contribution in [1.29, 1.82) is 0 Å². The monoisotopic (exact) mass is 198 g/mol. The van der Waals surface area contributed by atoms with Crippen LogP contribution in [0.15, 0.2) is 18.3 Å². The van der Waals surface area contributed by atoms with E-state index in [1.165, 1.54) is 12.3 Å². The van der Waals surface area contributed by atoms with Gasteiger partial charge in [-0.2, -0.15) is 0 Å². The molecule has 2 N–H and O–H groups in total. The van der Waals surface area contributed by atoms with Gasteiger partial charge in [-0.15, -0.1) is 0 Å². The fourth-order valence-electron chi connectivity index (χ4n) is 1.14. The van der Waals surface area contributed by atoms with Crippen molar-refractivity contribution in [2.75, 3.05) is 11.9 Å². The molecule has 1 heterocycles. The molecular weight excluding hydrogens is 183 g/mol. The van der Waals surface area contributed by atoms with Crippen molar-refractivity contribution in [2.24, 2.45) is 0 Å². The van der Waals surface area contributed by atoms with E-state index < -0.39 is 0 Å². The molecule has 0 radical (unpaired) electrons. The van der Waals surface area contributed by atoms with Gasteiger partial charge in [0.1, 0.15) is 0 Å². The van der Waals surface area contributed by atoms with E-state index in [2.05, 4.69) is 10.3 Å². The lowest BCUT2D eigenvalue weighted by Crippen LogP contribution is -2.32. The van der Waals surface area contributed by atoms with Crippen LogP contribution in [0, 0.1) is 5.82 Å². The number of aliphatic hydroxyl groups excluding tert-OH is 1. The second kappa shape index (κ2) is 4.37. The standard InChI is InChI=1S/C10H15FN2O/c1-10(2,5-7-14)13-9-8(11)4-3-6-12-9/h3-4,6,14H,5,7H2,1-2H3,(H,12,13). The number of hydrogen-bond acceptors (Lipinski definition) is 3.